The van der Waals surface area contributed by atoms with Crippen molar-refractivity contribution in [3.8, 4) is 11.5 Å². The molecule has 0 aromatic heterocycles. The molecule has 0 saturated carbocycles. The van der Waals surface area contributed by atoms with Crippen LogP contribution in [-0.4, -0.2) is 13.2 Å². The number of alkyl halides is 3. The van der Waals surface area contributed by atoms with Gasteiger partial charge in [-0.25, -0.2) is 0 Å². The van der Waals surface area contributed by atoms with E-state index in [4.69, 9.17) is 9.47 Å². The molecule has 0 aliphatic carbocycles. The molecule has 0 fully saturated rings. The lowest BCUT2D eigenvalue weighted by Crippen LogP contribution is -2.22. The molecule has 1 aromatic carbocycles. The van der Waals surface area contributed by atoms with Crippen LogP contribution in [0, 0.1) is 0 Å². The van der Waals surface area contributed by atoms with E-state index in [9.17, 15) is 13.2 Å². The Morgan fingerprint density at radius 1 is 0.895 bits per heavy atom. The Kier molecular flexibility index (Phi) is 3.15. The molecule has 0 saturated heterocycles. The van der Waals surface area contributed by atoms with Gasteiger partial charge in [0.1, 0.15) is 17.1 Å². The Balaban J connectivity index is 2.31. The maximum absolute atomic E-state index is 13.3. The molecule has 0 bridgehead atoms. The summed E-state index contributed by atoms with van der Waals surface area (Å²) in [6, 6.07) is 0. The summed E-state index contributed by atoms with van der Waals surface area (Å²) in [7, 11) is 0. The average Bonchev–Trinajstić information content (AvgIpc) is 2.38. The van der Waals surface area contributed by atoms with Crippen molar-refractivity contribution in [3.05, 3.63) is 21.2 Å². The predicted molar refractivity (Wildman–Crippen MR) is 66.8 cm³/mol. The van der Waals surface area contributed by atoms with Gasteiger partial charge in [0, 0.05) is 11.1 Å². The summed E-state index contributed by atoms with van der Waals surface area (Å²) in [5.74, 6) is 0.345. The fourth-order valence-corrected chi connectivity index (χ4v) is 3.42. The summed E-state index contributed by atoms with van der Waals surface area (Å²) in [6.45, 7) is 0.796. The minimum atomic E-state index is -4.41. The van der Waals surface area contributed by atoms with E-state index in [2.05, 4.69) is 15.9 Å². The lowest BCUT2D eigenvalue weighted by Gasteiger charge is -2.29. The first kappa shape index (κ1) is 13.1. The van der Waals surface area contributed by atoms with E-state index in [-0.39, 0.29) is 11.3 Å². The Bertz CT molecular complexity index is 489. The molecule has 0 unspecified atom stereocenters. The first-order valence-corrected chi connectivity index (χ1v) is 6.99. The van der Waals surface area contributed by atoms with Gasteiger partial charge in [0.05, 0.1) is 17.7 Å². The lowest BCUT2D eigenvalue weighted by molar-refractivity contribution is -0.140. The number of benzene rings is 1. The van der Waals surface area contributed by atoms with Crippen molar-refractivity contribution in [1.82, 2.24) is 0 Å². The number of hydrogen-bond donors (Lipinski definition) is 0. The summed E-state index contributed by atoms with van der Waals surface area (Å²) in [4.78, 5) is 0. The molecule has 1 aromatic rings. The fraction of sp³-hybridized carbons (Fsp3) is 0.538. The molecule has 104 valence electrons. The molecule has 2 heterocycles. The second-order valence-corrected chi connectivity index (χ2v) is 5.50. The van der Waals surface area contributed by atoms with Gasteiger partial charge in [-0.1, -0.05) is 0 Å². The zero-order valence-corrected chi connectivity index (χ0v) is 11.7. The molecule has 2 aliphatic rings. The quantitative estimate of drug-likeness (QED) is 0.709. The van der Waals surface area contributed by atoms with Crippen LogP contribution in [0.4, 0.5) is 13.2 Å². The SMILES string of the molecule is FC(F)(F)c1c2c(c(Br)c3c1OCCC3)OCCC2. The highest BCUT2D eigenvalue weighted by Crippen LogP contribution is 2.51. The summed E-state index contributed by atoms with van der Waals surface area (Å²) in [5.41, 5.74) is 0.172. The second-order valence-electron chi connectivity index (χ2n) is 4.71. The first-order chi connectivity index (χ1) is 9.00. The molecule has 2 nitrogen and oxygen atoms in total. The molecule has 0 N–H and O–H groups in total. The normalized spacial score (nSPS) is 18.1. The predicted octanol–water partition coefficient (Wildman–Crippen LogP) is 4.12. The van der Waals surface area contributed by atoms with Crippen molar-refractivity contribution in [3.63, 3.8) is 0 Å². The van der Waals surface area contributed by atoms with Gasteiger partial charge < -0.3 is 9.47 Å². The fourth-order valence-electron chi connectivity index (χ4n) is 2.69. The topological polar surface area (TPSA) is 18.5 Å². The molecule has 0 atom stereocenters. The third-order valence-electron chi connectivity index (χ3n) is 3.46. The second kappa shape index (κ2) is 4.58. The first-order valence-electron chi connectivity index (χ1n) is 6.20. The van der Waals surface area contributed by atoms with Gasteiger partial charge in [-0.05, 0) is 41.6 Å². The highest BCUT2D eigenvalue weighted by Gasteiger charge is 2.42. The van der Waals surface area contributed by atoms with Crippen LogP contribution in [0.1, 0.15) is 29.5 Å². The molecule has 19 heavy (non-hydrogen) atoms. The Morgan fingerprint density at radius 3 is 2.11 bits per heavy atom. The summed E-state index contributed by atoms with van der Waals surface area (Å²) in [6.07, 6.45) is -2.13. The van der Waals surface area contributed by atoms with Gasteiger partial charge in [0.2, 0.25) is 0 Å². The summed E-state index contributed by atoms with van der Waals surface area (Å²) < 4.78 is 51.4. The van der Waals surface area contributed by atoms with E-state index in [1.165, 1.54) is 0 Å². The van der Waals surface area contributed by atoms with E-state index < -0.39 is 11.7 Å². The van der Waals surface area contributed by atoms with Crippen LogP contribution in [0.3, 0.4) is 0 Å². The minimum absolute atomic E-state index is 0.00475. The Hall–Kier alpha value is -0.910. The summed E-state index contributed by atoms with van der Waals surface area (Å²) >= 11 is 3.38. The number of halogens is 4. The van der Waals surface area contributed by atoms with Crippen LogP contribution in [0.25, 0.3) is 0 Å². The monoisotopic (exact) mass is 336 g/mol. The van der Waals surface area contributed by atoms with Crippen LogP contribution in [0.5, 0.6) is 11.5 Å². The van der Waals surface area contributed by atoms with Crippen molar-refractivity contribution in [2.45, 2.75) is 31.9 Å². The Morgan fingerprint density at radius 2 is 1.47 bits per heavy atom. The molecule has 2 aliphatic heterocycles. The third-order valence-corrected chi connectivity index (χ3v) is 4.30. The Labute approximate surface area is 117 Å². The van der Waals surface area contributed by atoms with Crippen LogP contribution >= 0.6 is 15.9 Å². The van der Waals surface area contributed by atoms with Gasteiger partial charge in [-0.15, -0.1) is 0 Å². The van der Waals surface area contributed by atoms with Gasteiger partial charge in [-0.3, -0.25) is 0 Å². The van der Waals surface area contributed by atoms with Gasteiger partial charge in [0.15, 0.2) is 0 Å². The number of fused-ring (bicyclic) bond motifs is 2. The number of ether oxygens (including phenoxy) is 2. The van der Waals surface area contributed by atoms with Crippen molar-refractivity contribution >= 4 is 15.9 Å². The zero-order valence-electron chi connectivity index (χ0n) is 10.1. The maximum Gasteiger partial charge on any atom is 0.420 e. The molecular weight excluding hydrogens is 325 g/mol. The van der Waals surface area contributed by atoms with Gasteiger partial charge in [0.25, 0.3) is 0 Å². The van der Waals surface area contributed by atoms with Gasteiger partial charge >= 0.3 is 6.18 Å². The molecular formula is C13H12BrF3O2. The van der Waals surface area contributed by atoms with E-state index in [0.717, 1.165) is 6.42 Å². The van der Waals surface area contributed by atoms with Crippen molar-refractivity contribution < 1.29 is 22.6 Å². The minimum Gasteiger partial charge on any atom is -0.493 e. The third kappa shape index (κ3) is 2.10. The highest BCUT2D eigenvalue weighted by molar-refractivity contribution is 9.10. The van der Waals surface area contributed by atoms with Crippen molar-refractivity contribution in [2.75, 3.05) is 13.2 Å². The summed E-state index contributed by atoms with van der Waals surface area (Å²) in [5, 5.41) is 0. The van der Waals surface area contributed by atoms with E-state index >= 15 is 0 Å². The lowest BCUT2D eigenvalue weighted by atomic mass is 9.93. The molecule has 0 radical (unpaired) electrons. The van der Waals surface area contributed by atoms with Crippen molar-refractivity contribution in [2.24, 2.45) is 0 Å². The molecule has 0 spiro atoms. The van der Waals surface area contributed by atoms with Crippen LogP contribution < -0.4 is 9.47 Å². The highest BCUT2D eigenvalue weighted by atomic mass is 79.9. The van der Waals surface area contributed by atoms with Crippen LogP contribution in [0.2, 0.25) is 0 Å². The number of hydrogen-bond acceptors (Lipinski definition) is 2. The molecule has 3 rings (SSSR count). The van der Waals surface area contributed by atoms with Crippen molar-refractivity contribution in [1.29, 1.82) is 0 Å². The van der Waals surface area contributed by atoms with E-state index in [1.54, 1.807) is 0 Å². The molecule has 0 amide bonds. The molecule has 6 heteroatoms. The average molecular weight is 337 g/mol. The van der Waals surface area contributed by atoms with E-state index in [1.807, 2.05) is 0 Å². The van der Waals surface area contributed by atoms with Crippen LogP contribution in [-0.2, 0) is 19.0 Å². The van der Waals surface area contributed by atoms with E-state index in [0.29, 0.717) is 48.3 Å². The zero-order chi connectivity index (χ0) is 13.6. The smallest absolute Gasteiger partial charge is 0.420 e. The van der Waals surface area contributed by atoms with Crippen LogP contribution in [0.15, 0.2) is 4.47 Å². The maximum atomic E-state index is 13.3. The standard InChI is InChI=1S/C13H12BrF3O2/c14-10-8-4-2-5-18-11(8)9(13(15,16)17)7-3-1-6-19-12(7)10/h1-6H2. The number of rotatable bonds is 0. The van der Waals surface area contributed by atoms with Gasteiger partial charge in [-0.2, -0.15) is 13.2 Å². The largest absolute Gasteiger partial charge is 0.493 e.